The number of nitrogens with zero attached hydrogens (tertiary/aromatic N) is 7. The van der Waals surface area contributed by atoms with Gasteiger partial charge < -0.3 is 9.64 Å². The van der Waals surface area contributed by atoms with Crippen molar-refractivity contribution in [3.05, 3.63) is 89.9 Å². The summed E-state index contributed by atoms with van der Waals surface area (Å²) in [5, 5.41) is 1.34. The van der Waals surface area contributed by atoms with Crippen LogP contribution in [0.15, 0.2) is 67.0 Å². The normalized spacial score (nSPS) is 21.9. The number of carbonyl (C=O) groups excluding carboxylic acids is 1. The van der Waals surface area contributed by atoms with Crippen molar-refractivity contribution >= 4 is 45.7 Å². The molecule has 0 N–H and O–H groups in total. The monoisotopic (exact) mass is 716 g/mol. The van der Waals surface area contributed by atoms with Crippen LogP contribution < -0.4 is 4.74 Å². The van der Waals surface area contributed by atoms with Gasteiger partial charge in [-0.1, -0.05) is 36.3 Å². The lowest BCUT2D eigenvalue weighted by Gasteiger charge is -2.30. The van der Waals surface area contributed by atoms with E-state index >= 15 is 4.39 Å². The van der Waals surface area contributed by atoms with E-state index in [1.54, 1.807) is 53.1 Å². The number of amides is 1. The minimum absolute atomic E-state index is 0.0144. The maximum atomic E-state index is 16.9. The van der Waals surface area contributed by atoms with Crippen molar-refractivity contribution in [2.75, 3.05) is 39.8 Å². The number of pyridine rings is 2. The third-order valence-corrected chi connectivity index (χ3v) is 10.7. The fraction of sp³-hybridized carbons (Fsp3) is 0.317. The number of rotatable bonds is 8. The summed E-state index contributed by atoms with van der Waals surface area (Å²) in [6.07, 6.45) is 15.9. The molecule has 0 saturated carbocycles. The van der Waals surface area contributed by atoms with Crippen molar-refractivity contribution in [2.45, 2.75) is 37.4 Å². The Morgan fingerprint density at radius 3 is 2.83 bits per heavy atom. The number of likely N-dealkylation sites (tertiary alicyclic amines) is 1. The highest BCUT2D eigenvalue weighted by Crippen LogP contribution is 2.41. The molecule has 0 bridgehead atoms. The molecule has 3 fully saturated rings. The molecule has 2 aromatic carbocycles. The van der Waals surface area contributed by atoms with Crippen molar-refractivity contribution in [1.29, 1.82) is 0 Å². The molecule has 53 heavy (non-hydrogen) atoms. The zero-order chi connectivity index (χ0) is 36.7. The number of hydrogen-bond acceptors (Lipinski definition) is 7. The molecule has 3 aliphatic rings. The first-order valence-electron chi connectivity index (χ1n) is 17.8. The van der Waals surface area contributed by atoms with Gasteiger partial charge in [0.05, 0.1) is 30.1 Å². The minimum Gasteiger partial charge on any atom is -0.443 e. The van der Waals surface area contributed by atoms with Crippen LogP contribution in [-0.2, 0) is 4.79 Å². The van der Waals surface area contributed by atoms with Crippen molar-refractivity contribution in [3.63, 3.8) is 0 Å². The molecule has 0 aliphatic carbocycles. The van der Waals surface area contributed by atoms with Crippen LogP contribution in [0.25, 0.3) is 39.0 Å². The molecular weight excluding hydrogens is 679 g/mol. The predicted octanol–water partition coefficient (Wildman–Crippen LogP) is 6.36. The van der Waals surface area contributed by atoms with Gasteiger partial charge in [-0.15, -0.1) is 6.42 Å². The van der Waals surface area contributed by atoms with Gasteiger partial charge in [0.2, 0.25) is 5.91 Å². The smallest absolute Gasteiger partial charge is 0.434 e. The summed E-state index contributed by atoms with van der Waals surface area (Å²) in [5.74, 6) is 1.31. The highest BCUT2D eigenvalue weighted by Gasteiger charge is 2.49. The van der Waals surface area contributed by atoms with Gasteiger partial charge in [0.15, 0.2) is 5.82 Å². The lowest BCUT2D eigenvalue weighted by atomic mass is 9.95. The first-order chi connectivity index (χ1) is 25.7. The van der Waals surface area contributed by atoms with Crippen LogP contribution in [0.3, 0.4) is 0 Å². The Kier molecular flexibility index (Phi) is 9.12. The SMILES string of the molecule is C#Cc1c(F)ccc2cccc(-c3ncc4c([N+](C)=CC5CCN(C(=O)/C=C/c6ccccn6)C5)nc(OC[C@@]56CCCN5C[C@H](F)C6)nc4c3F)c12. The molecule has 8 rings (SSSR count). The number of halogens is 3. The molecule has 0 radical (unpaired) electrons. The lowest BCUT2D eigenvalue weighted by Crippen LogP contribution is -2.43. The summed E-state index contributed by atoms with van der Waals surface area (Å²) >= 11 is 0. The van der Waals surface area contributed by atoms with Gasteiger partial charge in [0.1, 0.15) is 35.2 Å². The molecule has 1 unspecified atom stereocenters. The largest absolute Gasteiger partial charge is 0.443 e. The van der Waals surface area contributed by atoms with Gasteiger partial charge >= 0.3 is 11.8 Å². The van der Waals surface area contributed by atoms with E-state index in [4.69, 9.17) is 16.1 Å². The summed E-state index contributed by atoms with van der Waals surface area (Å²) in [7, 11) is 1.80. The molecular formula is C41H37F3N7O2+. The fourth-order valence-corrected chi connectivity index (χ4v) is 8.12. The van der Waals surface area contributed by atoms with E-state index in [1.165, 1.54) is 18.3 Å². The number of aromatic nitrogens is 4. The molecule has 5 aromatic rings. The van der Waals surface area contributed by atoms with Crippen molar-refractivity contribution < 1.29 is 27.3 Å². The number of benzene rings is 2. The second-order valence-electron chi connectivity index (χ2n) is 14.0. The average Bonchev–Trinajstić information content (AvgIpc) is 3.88. The van der Waals surface area contributed by atoms with Crippen LogP contribution in [0, 0.1) is 29.9 Å². The van der Waals surface area contributed by atoms with Crippen LogP contribution in [0.1, 0.15) is 36.9 Å². The first-order valence-corrected chi connectivity index (χ1v) is 17.8. The van der Waals surface area contributed by atoms with E-state index in [9.17, 15) is 13.6 Å². The van der Waals surface area contributed by atoms with E-state index in [0.717, 1.165) is 19.4 Å². The molecule has 268 valence electrons. The Balaban J connectivity index is 1.16. The Morgan fingerprint density at radius 1 is 1.11 bits per heavy atom. The van der Waals surface area contributed by atoms with Crippen LogP contribution in [0.4, 0.5) is 19.0 Å². The third-order valence-electron chi connectivity index (χ3n) is 10.7. The minimum atomic E-state index is -0.944. The van der Waals surface area contributed by atoms with E-state index in [1.807, 2.05) is 24.4 Å². The second kappa shape index (κ2) is 14.0. The molecule has 6 heterocycles. The van der Waals surface area contributed by atoms with Gasteiger partial charge in [-0.05, 0) is 55.5 Å². The van der Waals surface area contributed by atoms with Crippen molar-refractivity contribution in [2.24, 2.45) is 5.92 Å². The highest BCUT2D eigenvalue weighted by molar-refractivity contribution is 6.01. The number of hydrogen-bond donors (Lipinski definition) is 0. The second-order valence-corrected chi connectivity index (χ2v) is 14.0. The van der Waals surface area contributed by atoms with Gasteiger partial charge in [0, 0.05) is 66.4 Å². The standard InChI is InChI=1S/C41H37F3N7O2/c1-3-30-33(43)13-11-27-8-6-10-31(35(27)30)37-36(44)38-32(21-46-37)39(48-40(47-38)53-25-41-16-7-18-51(41)24-28(42)20-41)49(2)22-26-15-19-50(23-26)34(52)14-12-29-9-4-5-17-45-29/h1,4-6,8-14,17,21-22,26,28H,7,15-16,18-20,23-25H2,2H3/q+1/b14-12+,49-22?/t26?,28-,41+/m1/s1. The molecule has 0 spiro atoms. The number of ether oxygens (including phenoxy) is 1. The van der Waals surface area contributed by atoms with Gasteiger partial charge in [0.25, 0.3) is 0 Å². The van der Waals surface area contributed by atoms with Gasteiger partial charge in [-0.25, -0.2) is 17.7 Å². The third kappa shape index (κ3) is 6.50. The van der Waals surface area contributed by atoms with Crippen LogP contribution >= 0.6 is 0 Å². The Morgan fingerprint density at radius 2 is 2.00 bits per heavy atom. The fourth-order valence-electron chi connectivity index (χ4n) is 8.12. The van der Waals surface area contributed by atoms with E-state index in [-0.39, 0.29) is 41.2 Å². The molecule has 1 amide bonds. The molecule has 9 nitrogen and oxygen atoms in total. The van der Waals surface area contributed by atoms with E-state index < -0.39 is 23.3 Å². The summed E-state index contributed by atoms with van der Waals surface area (Å²) in [5.41, 5.74) is 0.478. The average molecular weight is 717 g/mol. The Hall–Kier alpha value is -5.67. The Bertz CT molecular complexity index is 2340. The number of terminal acetylenes is 1. The van der Waals surface area contributed by atoms with E-state index in [2.05, 4.69) is 25.8 Å². The van der Waals surface area contributed by atoms with Crippen molar-refractivity contribution in [1.82, 2.24) is 29.7 Å². The topological polar surface area (TPSA) is 87.3 Å². The van der Waals surface area contributed by atoms with Crippen LogP contribution in [0.5, 0.6) is 6.01 Å². The zero-order valence-electron chi connectivity index (χ0n) is 29.2. The van der Waals surface area contributed by atoms with Gasteiger partial charge in [-0.2, -0.15) is 4.98 Å². The summed E-state index contributed by atoms with van der Waals surface area (Å²) < 4.78 is 54.4. The molecule has 12 heteroatoms. The van der Waals surface area contributed by atoms with Crippen LogP contribution in [-0.4, -0.2) is 98.0 Å². The number of alkyl halides is 1. The van der Waals surface area contributed by atoms with Crippen molar-refractivity contribution in [3.8, 4) is 29.6 Å². The summed E-state index contributed by atoms with van der Waals surface area (Å²) in [6.45, 7) is 2.36. The number of carbonyl (C=O) groups is 1. The molecule has 3 saturated heterocycles. The molecule has 3 aliphatic heterocycles. The molecule has 3 atom stereocenters. The highest BCUT2D eigenvalue weighted by atomic mass is 19.1. The lowest BCUT2D eigenvalue weighted by molar-refractivity contribution is -0.405. The number of fused-ring (bicyclic) bond motifs is 3. The summed E-state index contributed by atoms with van der Waals surface area (Å²) in [4.78, 5) is 35.0. The maximum Gasteiger partial charge on any atom is 0.434 e. The quantitative estimate of drug-likeness (QED) is 0.0800. The maximum absolute atomic E-state index is 16.9. The molecule has 3 aromatic heterocycles. The zero-order valence-corrected chi connectivity index (χ0v) is 29.2. The van der Waals surface area contributed by atoms with Gasteiger partial charge in [-0.3, -0.25) is 19.7 Å². The van der Waals surface area contributed by atoms with E-state index in [0.29, 0.717) is 65.7 Å². The first kappa shape index (κ1) is 34.4. The predicted molar refractivity (Wildman–Crippen MR) is 197 cm³/mol. The summed E-state index contributed by atoms with van der Waals surface area (Å²) in [6, 6.07) is 13.5. The Labute approximate surface area is 304 Å². The van der Waals surface area contributed by atoms with Crippen LogP contribution in [0.2, 0.25) is 0 Å².